The Labute approximate surface area is 232 Å². The van der Waals surface area contributed by atoms with E-state index in [0.29, 0.717) is 6.61 Å². The second kappa shape index (κ2) is 15.4. The van der Waals surface area contributed by atoms with E-state index < -0.39 is 0 Å². The molecule has 0 bridgehead atoms. The summed E-state index contributed by atoms with van der Waals surface area (Å²) in [4.78, 5) is 18.6. The van der Waals surface area contributed by atoms with Gasteiger partial charge >= 0.3 is 0 Å². The van der Waals surface area contributed by atoms with Crippen molar-refractivity contribution in [3.05, 3.63) is 106 Å². The molecular weight excluding hydrogens is 505 g/mol. The van der Waals surface area contributed by atoms with Crippen LogP contribution in [-0.4, -0.2) is 34.1 Å². The largest absolute Gasteiger partial charge is 0.494 e. The summed E-state index contributed by atoms with van der Waals surface area (Å²) in [5.41, 5.74) is 4.86. The summed E-state index contributed by atoms with van der Waals surface area (Å²) >= 11 is 0. The Morgan fingerprint density at radius 1 is 0.892 bits per heavy atom. The first-order valence-electron chi connectivity index (χ1n) is 12.5. The van der Waals surface area contributed by atoms with E-state index in [9.17, 15) is 4.79 Å². The molecule has 0 fully saturated rings. The summed E-state index contributed by atoms with van der Waals surface area (Å²) in [6, 6.07) is 22.4. The summed E-state index contributed by atoms with van der Waals surface area (Å²) < 4.78 is 7.66. The van der Waals surface area contributed by atoms with Crippen molar-refractivity contribution in [3.8, 4) is 5.75 Å². The van der Waals surface area contributed by atoms with Gasteiger partial charge in [-0.2, -0.15) is 0 Å². The number of halogens is 2. The normalized spacial score (nSPS) is 10.7. The summed E-state index contributed by atoms with van der Waals surface area (Å²) in [6.45, 7) is 5.89. The molecule has 0 aliphatic carbocycles. The van der Waals surface area contributed by atoms with Gasteiger partial charge < -0.3 is 9.30 Å². The molecule has 2 heterocycles. The first kappa shape index (κ1) is 30.4. The molecular formula is C30H37Cl2N3O2. The van der Waals surface area contributed by atoms with E-state index in [1.165, 1.54) is 16.7 Å². The fourth-order valence-corrected chi connectivity index (χ4v) is 4.31. The SMILES string of the molecule is Cc1ccc(CN(CCCCCOc2ccc3c(ccc(=O)n3C)c2)CCc2cccnc2)cc1.Cl.Cl. The fourth-order valence-electron chi connectivity index (χ4n) is 4.31. The Morgan fingerprint density at radius 2 is 1.70 bits per heavy atom. The molecule has 0 atom stereocenters. The lowest BCUT2D eigenvalue weighted by atomic mass is 10.1. The Morgan fingerprint density at radius 3 is 2.46 bits per heavy atom. The van der Waals surface area contributed by atoms with Crippen LogP contribution in [0.15, 0.2) is 83.9 Å². The van der Waals surface area contributed by atoms with Crippen LogP contribution in [0.4, 0.5) is 0 Å². The number of fused-ring (bicyclic) bond motifs is 1. The van der Waals surface area contributed by atoms with Crippen LogP contribution in [0, 0.1) is 6.92 Å². The van der Waals surface area contributed by atoms with Gasteiger partial charge in [0.2, 0.25) is 0 Å². The van der Waals surface area contributed by atoms with Crippen LogP contribution in [0.5, 0.6) is 5.75 Å². The number of hydrogen-bond acceptors (Lipinski definition) is 4. The number of benzene rings is 2. The number of ether oxygens (including phenoxy) is 1. The predicted octanol–water partition coefficient (Wildman–Crippen LogP) is 6.38. The van der Waals surface area contributed by atoms with Gasteiger partial charge in [0.05, 0.1) is 12.1 Å². The second-order valence-electron chi connectivity index (χ2n) is 9.23. The quantitative estimate of drug-likeness (QED) is 0.195. The Bertz CT molecular complexity index is 1280. The lowest BCUT2D eigenvalue weighted by Gasteiger charge is -2.22. The third-order valence-electron chi connectivity index (χ3n) is 6.45. The van der Waals surface area contributed by atoms with Crippen molar-refractivity contribution in [2.75, 3.05) is 19.7 Å². The van der Waals surface area contributed by atoms with Crippen molar-refractivity contribution < 1.29 is 4.74 Å². The minimum Gasteiger partial charge on any atom is -0.494 e. The van der Waals surface area contributed by atoms with Crippen LogP contribution in [0.2, 0.25) is 0 Å². The number of aryl methyl sites for hydroxylation is 2. The summed E-state index contributed by atoms with van der Waals surface area (Å²) in [6.07, 6.45) is 8.09. The summed E-state index contributed by atoms with van der Waals surface area (Å²) in [5, 5.41) is 1.02. The molecule has 0 amide bonds. The summed E-state index contributed by atoms with van der Waals surface area (Å²) in [5.74, 6) is 0.855. The molecule has 4 rings (SSSR count). The molecule has 37 heavy (non-hydrogen) atoms. The highest BCUT2D eigenvalue weighted by molar-refractivity contribution is 5.85. The van der Waals surface area contributed by atoms with Gasteiger partial charge in [0.25, 0.3) is 5.56 Å². The topological polar surface area (TPSA) is 47.4 Å². The van der Waals surface area contributed by atoms with E-state index in [-0.39, 0.29) is 30.4 Å². The summed E-state index contributed by atoms with van der Waals surface area (Å²) in [7, 11) is 1.80. The zero-order chi connectivity index (χ0) is 24.5. The Kier molecular flexibility index (Phi) is 12.6. The number of pyridine rings is 2. The highest BCUT2D eigenvalue weighted by Gasteiger charge is 2.08. The minimum absolute atomic E-state index is 0. The maximum absolute atomic E-state index is 11.8. The van der Waals surface area contributed by atoms with Crippen molar-refractivity contribution in [3.63, 3.8) is 0 Å². The molecule has 4 aromatic rings. The highest BCUT2D eigenvalue weighted by Crippen LogP contribution is 2.19. The molecule has 0 radical (unpaired) electrons. The zero-order valence-electron chi connectivity index (χ0n) is 21.6. The lowest BCUT2D eigenvalue weighted by molar-refractivity contribution is 0.254. The van der Waals surface area contributed by atoms with Crippen LogP contribution < -0.4 is 10.3 Å². The molecule has 0 N–H and O–H groups in total. The minimum atomic E-state index is 0. The third kappa shape index (κ3) is 9.19. The van der Waals surface area contributed by atoms with Crippen LogP contribution in [-0.2, 0) is 20.0 Å². The maximum Gasteiger partial charge on any atom is 0.250 e. The molecule has 0 saturated heterocycles. The average molecular weight is 543 g/mol. The predicted molar refractivity (Wildman–Crippen MR) is 157 cm³/mol. The van der Waals surface area contributed by atoms with Crippen molar-refractivity contribution in [2.45, 2.75) is 39.2 Å². The number of hydrogen-bond donors (Lipinski definition) is 0. The Balaban J connectivity index is 0.00000241. The monoisotopic (exact) mass is 541 g/mol. The van der Waals surface area contributed by atoms with E-state index in [0.717, 1.165) is 62.0 Å². The van der Waals surface area contributed by atoms with Gasteiger partial charge in [0.15, 0.2) is 0 Å². The standard InChI is InChI=1S/C30H35N3O2.2ClH/c1-24-8-10-26(11-9-24)23-33(19-16-25-7-6-17-31-22-25)18-4-3-5-20-35-28-13-14-29-27(21-28)12-15-30(34)32(29)2;;/h6-15,17,21-22H,3-5,16,18-20,23H2,1-2H3;2*1H. The molecule has 7 heteroatoms. The van der Waals surface area contributed by atoms with Gasteiger partial charge in [-0.1, -0.05) is 35.9 Å². The molecule has 5 nitrogen and oxygen atoms in total. The third-order valence-corrected chi connectivity index (χ3v) is 6.45. The van der Waals surface area contributed by atoms with Crippen molar-refractivity contribution in [1.82, 2.24) is 14.5 Å². The van der Waals surface area contributed by atoms with Crippen molar-refractivity contribution in [1.29, 1.82) is 0 Å². The number of nitrogens with zero attached hydrogens (tertiary/aromatic N) is 3. The van der Waals surface area contributed by atoms with E-state index in [1.807, 2.05) is 42.7 Å². The number of aromatic nitrogens is 2. The number of unbranched alkanes of at least 4 members (excludes halogenated alkanes) is 2. The van der Waals surface area contributed by atoms with Gasteiger partial charge in [-0.25, -0.2) is 0 Å². The van der Waals surface area contributed by atoms with Crippen LogP contribution in [0.1, 0.15) is 36.0 Å². The van der Waals surface area contributed by atoms with E-state index in [4.69, 9.17) is 4.74 Å². The van der Waals surface area contributed by atoms with E-state index >= 15 is 0 Å². The van der Waals surface area contributed by atoms with Crippen LogP contribution in [0.3, 0.4) is 0 Å². The lowest BCUT2D eigenvalue weighted by Crippen LogP contribution is -2.27. The van der Waals surface area contributed by atoms with Gasteiger partial charge in [-0.05, 0) is 80.6 Å². The van der Waals surface area contributed by atoms with Crippen molar-refractivity contribution >= 4 is 35.7 Å². The number of rotatable bonds is 12. The molecule has 0 spiro atoms. The first-order chi connectivity index (χ1) is 17.1. The molecule has 0 unspecified atom stereocenters. The van der Waals surface area contributed by atoms with E-state index in [2.05, 4.69) is 47.1 Å². The van der Waals surface area contributed by atoms with Crippen LogP contribution in [0.25, 0.3) is 10.9 Å². The molecule has 0 aliphatic rings. The molecule has 2 aromatic heterocycles. The zero-order valence-corrected chi connectivity index (χ0v) is 23.3. The first-order valence-corrected chi connectivity index (χ1v) is 12.5. The molecule has 198 valence electrons. The van der Waals surface area contributed by atoms with Gasteiger partial charge in [-0.15, -0.1) is 24.8 Å². The van der Waals surface area contributed by atoms with Crippen molar-refractivity contribution in [2.24, 2.45) is 7.05 Å². The van der Waals surface area contributed by atoms with Gasteiger partial charge in [0, 0.05) is 44.0 Å². The van der Waals surface area contributed by atoms with Gasteiger partial charge in [-0.3, -0.25) is 14.7 Å². The van der Waals surface area contributed by atoms with E-state index in [1.54, 1.807) is 17.7 Å². The molecule has 0 saturated carbocycles. The fraction of sp³-hybridized carbons (Fsp3) is 0.333. The molecule has 0 aliphatic heterocycles. The maximum atomic E-state index is 11.8. The van der Waals surface area contributed by atoms with Gasteiger partial charge in [0.1, 0.15) is 5.75 Å². The Hall–Kier alpha value is -2.86. The smallest absolute Gasteiger partial charge is 0.250 e. The second-order valence-corrected chi connectivity index (χ2v) is 9.23. The average Bonchev–Trinajstić information content (AvgIpc) is 2.88. The van der Waals surface area contributed by atoms with Crippen LogP contribution >= 0.6 is 24.8 Å². The molecule has 2 aromatic carbocycles. The highest BCUT2D eigenvalue weighted by atomic mass is 35.5.